The zero-order valence-electron chi connectivity index (χ0n) is 18.6. The Bertz CT molecular complexity index is 1310. The molecule has 0 bridgehead atoms. The number of halogens is 4. The number of carbonyl (C=O) groups excluding carboxylic acids is 3. The fraction of sp³-hybridized carbons (Fsp3) is 0.208. The lowest BCUT2D eigenvalue weighted by Gasteiger charge is -2.32. The van der Waals surface area contributed by atoms with Crippen molar-refractivity contribution in [3.05, 3.63) is 88.9 Å². The molecule has 3 amide bonds. The highest BCUT2D eigenvalue weighted by Crippen LogP contribution is 2.20. The van der Waals surface area contributed by atoms with Crippen LogP contribution < -0.4 is 10.6 Å². The molecule has 12 heteroatoms. The summed E-state index contributed by atoms with van der Waals surface area (Å²) in [5.41, 5.74) is -1.31. The molecule has 8 nitrogen and oxygen atoms in total. The number of benzene rings is 2. The van der Waals surface area contributed by atoms with Crippen molar-refractivity contribution in [2.24, 2.45) is 0 Å². The van der Waals surface area contributed by atoms with E-state index >= 15 is 0 Å². The lowest BCUT2D eigenvalue weighted by atomic mass is 10.0. The summed E-state index contributed by atoms with van der Waals surface area (Å²) in [6, 6.07) is 5.21. The summed E-state index contributed by atoms with van der Waals surface area (Å²) >= 11 is 0. The molecule has 186 valence electrons. The molecule has 36 heavy (non-hydrogen) atoms. The first kappa shape index (κ1) is 24.8. The largest absolute Gasteiger partial charge is 0.348 e. The predicted molar refractivity (Wildman–Crippen MR) is 119 cm³/mol. The van der Waals surface area contributed by atoms with Gasteiger partial charge in [-0.1, -0.05) is 6.07 Å². The zero-order chi connectivity index (χ0) is 25.8. The number of likely N-dealkylation sites (tertiary alicyclic amines) is 1. The monoisotopic (exact) mass is 501 g/mol. The summed E-state index contributed by atoms with van der Waals surface area (Å²) in [7, 11) is 0. The number of piperidine rings is 1. The van der Waals surface area contributed by atoms with Gasteiger partial charge in [0.2, 0.25) is 0 Å². The third-order valence-electron chi connectivity index (χ3n) is 5.62. The average molecular weight is 501 g/mol. The van der Waals surface area contributed by atoms with E-state index in [4.69, 9.17) is 0 Å². The molecule has 1 saturated heterocycles. The van der Waals surface area contributed by atoms with Crippen LogP contribution in [0.5, 0.6) is 0 Å². The molecule has 0 unspecified atom stereocenters. The molecule has 0 radical (unpaired) electrons. The number of carbonyl (C=O) groups is 3. The van der Waals surface area contributed by atoms with Gasteiger partial charge in [0.25, 0.3) is 17.7 Å². The molecule has 0 spiro atoms. The van der Waals surface area contributed by atoms with E-state index in [-0.39, 0.29) is 24.6 Å². The number of rotatable bonds is 5. The Hall–Kier alpha value is -4.35. The van der Waals surface area contributed by atoms with E-state index in [1.807, 2.05) is 0 Å². The van der Waals surface area contributed by atoms with Crippen LogP contribution in [0.2, 0.25) is 0 Å². The minimum absolute atomic E-state index is 0.144. The third kappa shape index (κ3) is 5.32. The number of nitrogens with one attached hydrogen (secondary N) is 2. The topological polar surface area (TPSA) is 104 Å². The molecule has 1 aliphatic rings. The van der Waals surface area contributed by atoms with Gasteiger partial charge in [0.15, 0.2) is 11.5 Å². The van der Waals surface area contributed by atoms with Crippen molar-refractivity contribution >= 4 is 23.5 Å². The van der Waals surface area contributed by atoms with E-state index in [2.05, 4.69) is 20.6 Å². The van der Waals surface area contributed by atoms with Crippen molar-refractivity contribution in [3.63, 3.8) is 0 Å². The van der Waals surface area contributed by atoms with E-state index in [0.29, 0.717) is 18.9 Å². The maximum atomic E-state index is 13.9. The summed E-state index contributed by atoms with van der Waals surface area (Å²) < 4.78 is 54.9. The highest BCUT2D eigenvalue weighted by atomic mass is 19.1. The molecule has 0 aliphatic carbocycles. The maximum absolute atomic E-state index is 13.9. The van der Waals surface area contributed by atoms with Crippen LogP contribution in [0.15, 0.2) is 48.8 Å². The van der Waals surface area contributed by atoms with Gasteiger partial charge in [-0.05, 0) is 37.1 Å². The van der Waals surface area contributed by atoms with E-state index in [1.165, 1.54) is 23.4 Å². The summed E-state index contributed by atoms with van der Waals surface area (Å²) in [4.78, 5) is 46.9. The molecule has 2 N–H and O–H groups in total. The minimum Gasteiger partial charge on any atom is -0.348 e. The van der Waals surface area contributed by atoms with Gasteiger partial charge in [-0.25, -0.2) is 27.5 Å². The zero-order valence-corrected chi connectivity index (χ0v) is 18.6. The molecule has 3 aromatic rings. The minimum atomic E-state index is -1.08. The second kappa shape index (κ2) is 10.5. The standard InChI is InChI=1S/C24H19F4N5O3/c25-13-4-5-15(18(28)12-13)22(34)32-21-20(29-8-9-30-21)23(35)31-14-6-10-33(11-7-14)24(36)19-16(26)2-1-3-17(19)27/h1-5,8-9,12,14H,6-7,10-11H2,(H,31,35)(H,30,32,34). The third-order valence-corrected chi connectivity index (χ3v) is 5.62. The van der Waals surface area contributed by atoms with Gasteiger partial charge in [0.05, 0.1) is 5.56 Å². The highest BCUT2D eigenvalue weighted by Gasteiger charge is 2.29. The van der Waals surface area contributed by atoms with Crippen LogP contribution in [0.3, 0.4) is 0 Å². The molecule has 0 atom stereocenters. The lowest BCUT2D eigenvalue weighted by molar-refractivity contribution is 0.0688. The number of nitrogens with zero attached hydrogens (tertiary/aromatic N) is 3. The van der Waals surface area contributed by atoms with E-state index < -0.39 is 58.2 Å². The van der Waals surface area contributed by atoms with Crippen molar-refractivity contribution in [2.75, 3.05) is 18.4 Å². The predicted octanol–water partition coefficient (Wildman–Crippen LogP) is 3.32. The van der Waals surface area contributed by atoms with Gasteiger partial charge >= 0.3 is 0 Å². The number of amides is 3. The van der Waals surface area contributed by atoms with Gasteiger partial charge in [-0.3, -0.25) is 14.4 Å². The van der Waals surface area contributed by atoms with E-state index in [1.54, 1.807) is 0 Å². The molecule has 1 aliphatic heterocycles. The normalized spacial score (nSPS) is 13.8. The van der Waals surface area contributed by atoms with Gasteiger partial charge < -0.3 is 15.5 Å². The first-order valence-electron chi connectivity index (χ1n) is 10.9. The SMILES string of the molecule is O=C(Nc1nccnc1C(=O)NC1CCN(C(=O)c2c(F)cccc2F)CC1)c1ccc(F)cc1F. The Balaban J connectivity index is 1.39. The first-order chi connectivity index (χ1) is 17.2. The summed E-state index contributed by atoms with van der Waals surface area (Å²) in [5, 5.41) is 5.02. The van der Waals surface area contributed by atoms with Crippen LogP contribution in [0.1, 0.15) is 44.0 Å². The van der Waals surface area contributed by atoms with Crippen LogP contribution in [0.4, 0.5) is 23.4 Å². The number of anilines is 1. The molecule has 0 saturated carbocycles. The van der Waals surface area contributed by atoms with Crippen molar-refractivity contribution < 1.29 is 31.9 Å². The molecule has 4 rings (SSSR count). The second-order valence-corrected chi connectivity index (χ2v) is 7.97. The van der Waals surface area contributed by atoms with Gasteiger partial charge in [0.1, 0.15) is 28.8 Å². The molecular formula is C24H19F4N5O3. The Morgan fingerprint density at radius 3 is 2.19 bits per heavy atom. The van der Waals surface area contributed by atoms with Gasteiger partial charge in [-0.15, -0.1) is 0 Å². The van der Waals surface area contributed by atoms with Crippen LogP contribution in [-0.4, -0.2) is 51.7 Å². The van der Waals surface area contributed by atoms with Gasteiger partial charge in [-0.2, -0.15) is 0 Å². The van der Waals surface area contributed by atoms with Crippen LogP contribution in [0.25, 0.3) is 0 Å². The molecular weight excluding hydrogens is 482 g/mol. The molecule has 1 fully saturated rings. The summed E-state index contributed by atoms with van der Waals surface area (Å²) in [6.07, 6.45) is 3.05. The van der Waals surface area contributed by atoms with E-state index in [9.17, 15) is 31.9 Å². The van der Waals surface area contributed by atoms with Crippen LogP contribution >= 0.6 is 0 Å². The fourth-order valence-electron chi connectivity index (χ4n) is 3.79. The molecule has 1 aromatic heterocycles. The quantitative estimate of drug-likeness (QED) is 0.522. The Labute approximate surface area is 202 Å². The number of hydrogen-bond acceptors (Lipinski definition) is 5. The van der Waals surface area contributed by atoms with Gasteiger partial charge in [0, 0.05) is 37.6 Å². The van der Waals surface area contributed by atoms with Crippen molar-refractivity contribution in [2.45, 2.75) is 18.9 Å². The van der Waals surface area contributed by atoms with Crippen molar-refractivity contribution in [3.8, 4) is 0 Å². The molecule has 2 aromatic carbocycles. The number of hydrogen-bond donors (Lipinski definition) is 2. The Morgan fingerprint density at radius 1 is 0.861 bits per heavy atom. The van der Waals surface area contributed by atoms with Crippen LogP contribution in [-0.2, 0) is 0 Å². The smallest absolute Gasteiger partial charge is 0.273 e. The Morgan fingerprint density at radius 2 is 1.53 bits per heavy atom. The molecule has 2 heterocycles. The second-order valence-electron chi connectivity index (χ2n) is 7.97. The highest BCUT2D eigenvalue weighted by molar-refractivity contribution is 6.07. The lowest BCUT2D eigenvalue weighted by Crippen LogP contribution is -2.47. The van der Waals surface area contributed by atoms with Crippen molar-refractivity contribution in [1.82, 2.24) is 20.2 Å². The average Bonchev–Trinajstić information content (AvgIpc) is 2.84. The van der Waals surface area contributed by atoms with Crippen LogP contribution in [0, 0.1) is 23.3 Å². The first-order valence-corrected chi connectivity index (χ1v) is 10.9. The maximum Gasteiger partial charge on any atom is 0.273 e. The Kier molecular flexibility index (Phi) is 7.23. The van der Waals surface area contributed by atoms with E-state index in [0.717, 1.165) is 24.3 Å². The summed E-state index contributed by atoms with van der Waals surface area (Å²) in [5.74, 6) is -6.47. The van der Waals surface area contributed by atoms with Crippen molar-refractivity contribution in [1.29, 1.82) is 0 Å². The number of aromatic nitrogens is 2. The fourth-order valence-corrected chi connectivity index (χ4v) is 3.79. The summed E-state index contributed by atoms with van der Waals surface area (Å²) in [6.45, 7) is 0.289.